The number of hydrogen-bond acceptors (Lipinski definition) is 5. The molecule has 1 heterocycles. The molecular weight excluding hydrogens is 264 g/mol. The smallest absolute Gasteiger partial charge is 0.174 e. The van der Waals surface area contributed by atoms with Crippen molar-refractivity contribution in [1.29, 1.82) is 0 Å². The largest absolute Gasteiger partial charge is 0.396 e. The molecule has 0 atom stereocenters. The summed E-state index contributed by atoms with van der Waals surface area (Å²) in [7, 11) is 2.10. The van der Waals surface area contributed by atoms with Crippen LogP contribution >= 0.6 is 23.1 Å². The lowest BCUT2D eigenvalue weighted by molar-refractivity contribution is 0.0992. The number of anilines is 2. The monoisotopic (exact) mass is 284 g/mol. The van der Waals surface area contributed by atoms with Gasteiger partial charge in [-0.05, 0) is 25.0 Å². The van der Waals surface area contributed by atoms with Gasteiger partial charge in [-0.25, -0.2) is 0 Å². The van der Waals surface area contributed by atoms with E-state index in [2.05, 4.69) is 11.9 Å². The molecule has 1 aliphatic carbocycles. The molecule has 0 aromatic carbocycles. The molecule has 5 heteroatoms. The number of ketones is 1. The Labute approximate surface area is 117 Å². The first kappa shape index (κ1) is 13.7. The normalized spacial score (nSPS) is 14.8. The predicted molar refractivity (Wildman–Crippen MR) is 81.1 cm³/mol. The highest BCUT2D eigenvalue weighted by atomic mass is 32.2. The number of Topliss-reactive ketones (excluding diaryl/α,β-unsaturated/α-hetero) is 1. The van der Waals surface area contributed by atoms with Gasteiger partial charge in [0.05, 0.1) is 15.5 Å². The zero-order chi connectivity index (χ0) is 13.3. The Morgan fingerprint density at radius 1 is 1.56 bits per heavy atom. The fraction of sp³-hybridized carbons (Fsp3) is 0.615. The maximum Gasteiger partial charge on any atom is 0.174 e. The van der Waals surface area contributed by atoms with Crippen molar-refractivity contribution in [3.63, 3.8) is 0 Å². The molecule has 0 aliphatic heterocycles. The summed E-state index contributed by atoms with van der Waals surface area (Å²) in [4.78, 5) is 15.9. The number of carbonyl (C=O) groups is 1. The molecule has 1 aromatic heterocycles. The van der Waals surface area contributed by atoms with Crippen LogP contribution in [0.2, 0.25) is 0 Å². The van der Waals surface area contributed by atoms with Crippen molar-refractivity contribution < 1.29 is 4.79 Å². The van der Waals surface area contributed by atoms with Crippen LogP contribution in [0.3, 0.4) is 0 Å². The Kier molecular flexibility index (Phi) is 4.22. The van der Waals surface area contributed by atoms with Gasteiger partial charge in [0, 0.05) is 20.0 Å². The molecule has 0 amide bonds. The Morgan fingerprint density at radius 2 is 2.22 bits per heavy atom. The van der Waals surface area contributed by atoms with Gasteiger partial charge in [-0.2, -0.15) is 0 Å². The van der Waals surface area contributed by atoms with Gasteiger partial charge in [0.1, 0.15) is 5.00 Å². The number of hydrogen-bond donors (Lipinski definition) is 1. The summed E-state index contributed by atoms with van der Waals surface area (Å²) >= 11 is 3.19. The van der Waals surface area contributed by atoms with Gasteiger partial charge in [-0.1, -0.05) is 6.92 Å². The van der Waals surface area contributed by atoms with Crippen molar-refractivity contribution in [2.24, 2.45) is 5.92 Å². The maximum atomic E-state index is 11.9. The lowest BCUT2D eigenvalue weighted by Crippen LogP contribution is -2.19. The SMILES string of the molecule is CCC(=O)c1sc(N(C)CC2CC2)c(SC)c1N. The summed E-state index contributed by atoms with van der Waals surface area (Å²) in [5, 5.41) is 1.16. The van der Waals surface area contributed by atoms with Crippen molar-refractivity contribution in [3.05, 3.63) is 4.88 Å². The van der Waals surface area contributed by atoms with Gasteiger partial charge in [0.25, 0.3) is 0 Å². The molecule has 0 spiro atoms. The first-order chi connectivity index (χ1) is 8.58. The molecule has 2 N–H and O–H groups in total. The summed E-state index contributed by atoms with van der Waals surface area (Å²) in [5.41, 5.74) is 6.80. The average Bonchev–Trinajstić information content (AvgIpc) is 3.10. The molecule has 0 bridgehead atoms. The second-order valence-corrected chi connectivity index (χ2v) is 6.60. The molecule has 2 rings (SSSR count). The zero-order valence-electron chi connectivity index (χ0n) is 11.2. The summed E-state index contributed by atoms with van der Waals surface area (Å²) in [5.74, 6) is 0.984. The summed E-state index contributed by atoms with van der Waals surface area (Å²) in [6.45, 7) is 2.96. The number of nitrogens with zero attached hydrogens (tertiary/aromatic N) is 1. The second-order valence-electron chi connectivity index (χ2n) is 4.78. The van der Waals surface area contributed by atoms with E-state index in [0.29, 0.717) is 12.1 Å². The molecule has 1 aromatic rings. The highest BCUT2D eigenvalue weighted by molar-refractivity contribution is 7.99. The van der Waals surface area contributed by atoms with Crippen LogP contribution in [-0.2, 0) is 0 Å². The zero-order valence-corrected chi connectivity index (χ0v) is 12.8. The Morgan fingerprint density at radius 3 is 2.72 bits per heavy atom. The van der Waals surface area contributed by atoms with Crippen LogP contribution in [0.1, 0.15) is 35.9 Å². The van der Waals surface area contributed by atoms with Gasteiger partial charge in [-0.3, -0.25) is 4.79 Å². The van der Waals surface area contributed by atoms with E-state index < -0.39 is 0 Å². The van der Waals surface area contributed by atoms with Gasteiger partial charge >= 0.3 is 0 Å². The van der Waals surface area contributed by atoms with Crippen molar-refractivity contribution in [2.75, 3.05) is 30.5 Å². The Balaban J connectivity index is 2.30. The second kappa shape index (κ2) is 5.53. The number of rotatable bonds is 6. The quantitative estimate of drug-likeness (QED) is 0.641. The van der Waals surface area contributed by atoms with Crippen molar-refractivity contribution in [1.82, 2.24) is 0 Å². The minimum Gasteiger partial charge on any atom is -0.396 e. The fourth-order valence-corrected chi connectivity index (χ4v) is 4.19. The molecule has 1 fully saturated rings. The van der Waals surface area contributed by atoms with E-state index in [0.717, 1.165) is 27.2 Å². The third-order valence-corrected chi connectivity index (χ3v) is 5.55. The van der Waals surface area contributed by atoms with Gasteiger partial charge in [0.15, 0.2) is 5.78 Å². The number of thioether (sulfide) groups is 1. The number of thiophene rings is 1. The van der Waals surface area contributed by atoms with Crippen LogP contribution in [0.15, 0.2) is 4.90 Å². The number of nitrogen functional groups attached to an aromatic ring is 1. The van der Waals surface area contributed by atoms with E-state index in [-0.39, 0.29) is 5.78 Å². The first-order valence-electron chi connectivity index (χ1n) is 6.29. The summed E-state index contributed by atoms with van der Waals surface area (Å²) < 4.78 is 0. The maximum absolute atomic E-state index is 11.9. The minimum absolute atomic E-state index is 0.152. The van der Waals surface area contributed by atoms with Crippen molar-refractivity contribution in [3.8, 4) is 0 Å². The molecular formula is C13H20N2OS2. The van der Waals surface area contributed by atoms with E-state index in [1.165, 1.54) is 12.8 Å². The van der Waals surface area contributed by atoms with Gasteiger partial charge < -0.3 is 10.6 Å². The van der Waals surface area contributed by atoms with Crippen LogP contribution in [0.25, 0.3) is 0 Å². The fourth-order valence-electron chi connectivity index (χ4n) is 2.00. The Bertz CT molecular complexity index is 452. The topological polar surface area (TPSA) is 46.3 Å². The first-order valence-corrected chi connectivity index (χ1v) is 8.33. The number of nitrogens with two attached hydrogens (primary N) is 1. The van der Waals surface area contributed by atoms with Crippen LogP contribution in [0.5, 0.6) is 0 Å². The van der Waals surface area contributed by atoms with E-state index in [1.54, 1.807) is 23.1 Å². The lowest BCUT2D eigenvalue weighted by atomic mass is 10.2. The highest BCUT2D eigenvalue weighted by Crippen LogP contribution is 2.45. The Hall–Kier alpha value is -0.680. The molecule has 1 saturated carbocycles. The van der Waals surface area contributed by atoms with E-state index in [9.17, 15) is 4.79 Å². The third kappa shape index (κ3) is 2.67. The molecule has 100 valence electrons. The highest BCUT2D eigenvalue weighted by Gasteiger charge is 2.27. The molecule has 0 unspecified atom stereocenters. The predicted octanol–water partition coefficient (Wildman–Crippen LogP) is 3.49. The minimum atomic E-state index is 0.152. The average molecular weight is 284 g/mol. The third-order valence-electron chi connectivity index (χ3n) is 3.24. The van der Waals surface area contributed by atoms with Crippen LogP contribution < -0.4 is 10.6 Å². The molecule has 18 heavy (non-hydrogen) atoms. The van der Waals surface area contributed by atoms with E-state index in [1.807, 2.05) is 13.2 Å². The molecule has 0 saturated heterocycles. The summed E-state index contributed by atoms with van der Waals surface area (Å²) in [6.07, 6.45) is 5.21. The molecule has 3 nitrogen and oxygen atoms in total. The van der Waals surface area contributed by atoms with Crippen LogP contribution in [0, 0.1) is 5.92 Å². The standard InChI is InChI=1S/C13H20N2OS2/c1-4-9(16)11-10(14)12(17-3)13(18-11)15(2)7-8-5-6-8/h8H,4-7,14H2,1-3H3. The van der Waals surface area contributed by atoms with Crippen LogP contribution in [0.4, 0.5) is 10.7 Å². The molecule has 1 aliphatic rings. The van der Waals surface area contributed by atoms with Crippen molar-refractivity contribution >= 4 is 39.6 Å². The van der Waals surface area contributed by atoms with E-state index in [4.69, 9.17) is 5.73 Å². The summed E-state index contributed by atoms with van der Waals surface area (Å²) in [6, 6.07) is 0. The molecule has 0 radical (unpaired) electrons. The van der Waals surface area contributed by atoms with Gasteiger partial charge in [0.2, 0.25) is 0 Å². The van der Waals surface area contributed by atoms with Gasteiger partial charge in [-0.15, -0.1) is 23.1 Å². The van der Waals surface area contributed by atoms with E-state index >= 15 is 0 Å². The number of carbonyl (C=O) groups excluding carboxylic acids is 1. The lowest BCUT2D eigenvalue weighted by Gasteiger charge is -2.18. The van der Waals surface area contributed by atoms with Crippen LogP contribution in [-0.4, -0.2) is 25.6 Å². The van der Waals surface area contributed by atoms with Crippen molar-refractivity contribution in [2.45, 2.75) is 31.1 Å².